The molecule has 0 spiro atoms. The van der Waals surface area contributed by atoms with Gasteiger partial charge < -0.3 is 9.15 Å². The summed E-state index contributed by atoms with van der Waals surface area (Å²) in [5.41, 5.74) is 4.51. The van der Waals surface area contributed by atoms with Crippen LogP contribution in [0.3, 0.4) is 0 Å². The zero-order chi connectivity index (χ0) is 19.8. The van der Waals surface area contributed by atoms with Gasteiger partial charge in [0.05, 0.1) is 18.7 Å². The highest BCUT2D eigenvalue weighted by molar-refractivity contribution is 6.16. The summed E-state index contributed by atoms with van der Waals surface area (Å²) in [4.78, 5) is 0. The quantitative estimate of drug-likeness (QED) is 0.348. The Labute approximate surface area is 168 Å². The van der Waals surface area contributed by atoms with Crippen molar-refractivity contribution in [3.63, 3.8) is 0 Å². The predicted molar refractivity (Wildman–Crippen MR) is 116 cm³/mol. The number of fused-ring (bicyclic) bond motifs is 3. The molecular weight excluding hydrogens is 358 g/mol. The Morgan fingerprint density at radius 2 is 1.52 bits per heavy atom. The Balaban J connectivity index is 1.86. The fourth-order valence-electron chi connectivity index (χ4n) is 3.80. The van der Waals surface area contributed by atoms with Gasteiger partial charge in [-0.3, -0.25) is 0 Å². The molecule has 3 nitrogen and oxygen atoms in total. The summed E-state index contributed by atoms with van der Waals surface area (Å²) < 4.78 is 11.7. The van der Waals surface area contributed by atoms with E-state index in [0.717, 1.165) is 44.6 Å². The largest absolute Gasteiger partial charge is 0.497 e. The zero-order valence-electron chi connectivity index (χ0n) is 15.8. The van der Waals surface area contributed by atoms with Crippen LogP contribution in [0, 0.1) is 11.3 Å². The SMILES string of the molecule is COc1ccc(-c2c(-c3ccc(C#N)cc3)oc3ccc4ccccc4c23)cc1. The smallest absolute Gasteiger partial charge is 0.143 e. The second-order valence-electron chi connectivity index (χ2n) is 6.88. The first-order valence-corrected chi connectivity index (χ1v) is 9.37. The van der Waals surface area contributed by atoms with E-state index < -0.39 is 0 Å². The zero-order valence-corrected chi connectivity index (χ0v) is 15.8. The lowest BCUT2D eigenvalue weighted by atomic mass is 9.95. The van der Waals surface area contributed by atoms with Gasteiger partial charge in [0.2, 0.25) is 0 Å². The lowest BCUT2D eigenvalue weighted by Crippen LogP contribution is -1.85. The molecule has 1 heterocycles. The average Bonchev–Trinajstić information content (AvgIpc) is 3.19. The summed E-state index contributed by atoms with van der Waals surface area (Å²) in [5, 5.41) is 12.5. The number of rotatable bonds is 3. The van der Waals surface area contributed by atoms with Crippen molar-refractivity contribution in [3.05, 3.63) is 90.5 Å². The van der Waals surface area contributed by atoms with Crippen LogP contribution in [0.25, 0.3) is 44.2 Å². The van der Waals surface area contributed by atoms with Crippen LogP contribution in [0.4, 0.5) is 0 Å². The van der Waals surface area contributed by atoms with Gasteiger partial charge in [0.25, 0.3) is 0 Å². The average molecular weight is 375 g/mol. The normalized spacial score (nSPS) is 10.9. The van der Waals surface area contributed by atoms with Crippen LogP contribution < -0.4 is 4.74 Å². The maximum atomic E-state index is 9.13. The third-order valence-electron chi connectivity index (χ3n) is 5.23. The van der Waals surface area contributed by atoms with E-state index in [-0.39, 0.29) is 0 Å². The van der Waals surface area contributed by atoms with Gasteiger partial charge in [-0.25, -0.2) is 0 Å². The van der Waals surface area contributed by atoms with Crippen LogP contribution in [0.2, 0.25) is 0 Å². The minimum atomic E-state index is 0.626. The van der Waals surface area contributed by atoms with Crippen molar-refractivity contribution in [2.75, 3.05) is 7.11 Å². The molecule has 0 aliphatic heterocycles. The van der Waals surface area contributed by atoms with Crippen molar-refractivity contribution in [1.82, 2.24) is 0 Å². The minimum Gasteiger partial charge on any atom is -0.497 e. The molecule has 0 unspecified atom stereocenters. The molecule has 0 saturated carbocycles. The van der Waals surface area contributed by atoms with E-state index in [1.807, 2.05) is 54.6 Å². The topological polar surface area (TPSA) is 46.2 Å². The summed E-state index contributed by atoms with van der Waals surface area (Å²) in [6, 6.07) is 30.2. The Morgan fingerprint density at radius 3 is 2.24 bits per heavy atom. The number of methoxy groups -OCH3 is 1. The van der Waals surface area contributed by atoms with E-state index >= 15 is 0 Å². The maximum absolute atomic E-state index is 9.13. The van der Waals surface area contributed by atoms with Crippen molar-refractivity contribution >= 4 is 21.7 Å². The number of furan rings is 1. The highest BCUT2D eigenvalue weighted by atomic mass is 16.5. The van der Waals surface area contributed by atoms with Crippen molar-refractivity contribution in [1.29, 1.82) is 5.26 Å². The maximum Gasteiger partial charge on any atom is 0.143 e. The van der Waals surface area contributed by atoms with Gasteiger partial charge in [0.15, 0.2) is 0 Å². The predicted octanol–water partition coefficient (Wildman–Crippen LogP) is 6.80. The number of hydrogen-bond acceptors (Lipinski definition) is 3. The van der Waals surface area contributed by atoms with Gasteiger partial charge in [-0.05, 0) is 58.8 Å². The lowest BCUT2D eigenvalue weighted by molar-refractivity contribution is 0.415. The minimum absolute atomic E-state index is 0.626. The second kappa shape index (κ2) is 6.85. The molecule has 0 amide bonds. The van der Waals surface area contributed by atoms with Gasteiger partial charge in [-0.15, -0.1) is 0 Å². The van der Waals surface area contributed by atoms with E-state index in [9.17, 15) is 0 Å². The summed E-state index contributed by atoms with van der Waals surface area (Å²) in [6.45, 7) is 0. The van der Waals surface area contributed by atoms with Crippen molar-refractivity contribution < 1.29 is 9.15 Å². The van der Waals surface area contributed by atoms with Crippen LogP contribution in [0.15, 0.2) is 89.3 Å². The van der Waals surface area contributed by atoms with Gasteiger partial charge >= 0.3 is 0 Å². The molecule has 0 bridgehead atoms. The van der Waals surface area contributed by atoms with Gasteiger partial charge in [0, 0.05) is 16.5 Å². The van der Waals surface area contributed by atoms with E-state index in [1.54, 1.807) is 7.11 Å². The van der Waals surface area contributed by atoms with E-state index in [0.29, 0.717) is 5.56 Å². The molecule has 0 aliphatic carbocycles. The molecule has 5 aromatic rings. The third kappa shape index (κ3) is 2.83. The van der Waals surface area contributed by atoms with Crippen molar-refractivity contribution in [3.8, 4) is 34.3 Å². The lowest BCUT2D eigenvalue weighted by Gasteiger charge is -2.07. The van der Waals surface area contributed by atoms with Crippen LogP contribution >= 0.6 is 0 Å². The Morgan fingerprint density at radius 1 is 0.793 bits per heavy atom. The third-order valence-corrected chi connectivity index (χ3v) is 5.23. The summed E-state index contributed by atoms with van der Waals surface area (Å²) >= 11 is 0. The molecule has 138 valence electrons. The molecule has 3 heteroatoms. The fourth-order valence-corrected chi connectivity index (χ4v) is 3.80. The molecule has 0 atom stereocenters. The van der Waals surface area contributed by atoms with Crippen LogP contribution in [-0.2, 0) is 0 Å². The number of hydrogen-bond donors (Lipinski definition) is 0. The summed E-state index contributed by atoms with van der Waals surface area (Å²) in [7, 11) is 1.66. The van der Waals surface area contributed by atoms with Crippen molar-refractivity contribution in [2.45, 2.75) is 0 Å². The number of nitrogens with zero attached hydrogens (tertiary/aromatic N) is 1. The summed E-state index contributed by atoms with van der Waals surface area (Å²) in [5.74, 6) is 1.61. The molecular formula is C26H17NO2. The van der Waals surface area contributed by atoms with Crippen molar-refractivity contribution in [2.24, 2.45) is 0 Å². The van der Waals surface area contributed by atoms with Gasteiger partial charge in [-0.1, -0.05) is 42.5 Å². The Bertz CT molecular complexity index is 1370. The fraction of sp³-hybridized carbons (Fsp3) is 0.0385. The second-order valence-corrected chi connectivity index (χ2v) is 6.88. The first-order chi connectivity index (χ1) is 14.3. The Hall–Kier alpha value is -4.03. The standard InChI is InChI=1S/C26H17NO2/c1-28-21-13-10-19(11-14-21)24-25-22-5-3-2-4-18(22)12-15-23(25)29-26(24)20-8-6-17(16-27)7-9-20/h2-15H,1H3. The van der Waals surface area contributed by atoms with Gasteiger partial charge in [0.1, 0.15) is 17.1 Å². The number of nitriles is 1. The molecule has 0 N–H and O–H groups in total. The first kappa shape index (κ1) is 17.1. The molecule has 5 rings (SSSR count). The van der Waals surface area contributed by atoms with Crippen LogP contribution in [0.5, 0.6) is 5.75 Å². The number of benzene rings is 4. The molecule has 4 aromatic carbocycles. The van der Waals surface area contributed by atoms with E-state index in [4.69, 9.17) is 14.4 Å². The monoisotopic (exact) mass is 375 g/mol. The summed E-state index contributed by atoms with van der Waals surface area (Å²) in [6.07, 6.45) is 0. The molecule has 0 fully saturated rings. The molecule has 0 saturated heterocycles. The van der Waals surface area contributed by atoms with Crippen LogP contribution in [0.1, 0.15) is 5.56 Å². The molecule has 0 radical (unpaired) electrons. The van der Waals surface area contributed by atoms with E-state index in [1.165, 1.54) is 5.39 Å². The Kier molecular flexibility index (Phi) is 4.04. The van der Waals surface area contributed by atoms with Crippen LogP contribution in [-0.4, -0.2) is 7.11 Å². The first-order valence-electron chi connectivity index (χ1n) is 9.37. The van der Waals surface area contributed by atoms with Gasteiger partial charge in [-0.2, -0.15) is 5.26 Å². The molecule has 0 aliphatic rings. The highest BCUT2D eigenvalue weighted by Gasteiger charge is 2.19. The number of ether oxygens (including phenoxy) is 1. The van der Waals surface area contributed by atoms with E-state index in [2.05, 4.69) is 36.4 Å². The molecule has 1 aromatic heterocycles. The highest BCUT2D eigenvalue weighted by Crippen LogP contribution is 2.44. The molecule has 29 heavy (non-hydrogen) atoms.